The summed E-state index contributed by atoms with van der Waals surface area (Å²) in [5, 5.41) is 17.9. The highest BCUT2D eigenvalue weighted by Gasteiger charge is 2.59. The quantitative estimate of drug-likeness (QED) is 0.451. The standard InChI is InChI=1S/C9H16O5/c1-6(7(3-10)4-11)9(5-14-9)8(12)13-2/h6-7,10-11H,3-5H2,1-2H3/t6-,9-/m1/s1. The zero-order valence-electron chi connectivity index (χ0n) is 8.40. The molecule has 0 aromatic carbocycles. The lowest BCUT2D eigenvalue weighted by molar-refractivity contribution is -0.150. The van der Waals surface area contributed by atoms with E-state index in [0.717, 1.165) is 0 Å². The van der Waals surface area contributed by atoms with Crippen LogP contribution >= 0.6 is 0 Å². The minimum Gasteiger partial charge on any atom is -0.467 e. The molecular formula is C9H16O5. The van der Waals surface area contributed by atoms with Gasteiger partial charge in [-0.25, -0.2) is 4.79 Å². The fourth-order valence-corrected chi connectivity index (χ4v) is 1.57. The Morgan fingerprint density at radius 1 is 1.57 bits per heavy atom. The molecule has 2 atom stereocenters. The Morgan fingerprint density at radius 2 is 2.07 bits per heavy atom. The summed E-state index contributed by atoms with van der Waals surface area (Å²) in [6.07, 6.45) is 0. The van der Waals surface area contributed by atoms with E-state index < -0.39 is 11.6 Å². The summed E-state index contributed by atoms with van der Waals surface area (Å²) in [5.41, 5.74) is -0.940. The highest BCUT2D eigenvalue weighted by atomic mass is 16.6. The smallest absolute Gasteiger partial charge is 0.340 e. The second-order valence-corrected chi connectivity index (χ2v) is 3.58. The molecule has 0 bridgehead atoms. The minimum absolute atomic E-state index is 0.167. The molecule has 1 fully saturated rings. The van der Waals surface area contributed by atoms with Crippen LogP contribution in [0.2, 0.25) is 0 Å². The topological polar surface area (TPSA) is 79.3 Å². The van der Waals surface area contributed by atoms with E-state index in [-0.39, 0.29) is 25.0 Å². The lowest BCUT2D eigenvalue weighted by atomic mass is 9.84. The van der Waals surface area contributed by atoms with Crippen molar-refractivity contribution in [2.24, 2.45) is 11.8 Å². The molecule has 1 aliphatic rings. The molecular weight excluding hydrogens is 188 g/mol. The van der Waals surface area contributed by atoms with Crippen molar-refractivity contribution in [3.8, 4) is 0 Å². The largest absolute Gasteiger partial charge is 0.467 e. The summed E-state index contributed by atoms with van der Waals surface area (Å²) < 4.78 is 9.71. The number of epoxide rings is 1. The van der Waals surface area contributed by atoms with Crippen LogP contribution < -0.4 is 0 Å². The predicted molar refractivity (Wildman–Crippen MR) is 47.5 cm³/mol. The second kappa shape index (κ2) is 4.25. The number of rotatable bonds is 5. The molecule has 5 heteroatoms. The zero-order chi connectivity index (χ0) is 10.8. The number of aliphatic hydroxyl groups excluding tert-OH is 2. The number of ether oxygens (including phenoxy) is 2. The highest BCUT2D eigenvalue weighted by Crippen LogP contribution is 2.40. The molecule has 82 valence electrons. The molecule has 0 amide bonds. The average molecular weight is 204 g/mol. The number of methoxy groups -OCH3 is 1. The van der Waals surface area contributed by atoms with Crippen molar-refractivity contribution >= 4 is 5.97 Å². The van der Waals surface area contributed by atoms with Crippen molar-refractivity contribution in [2.45, 2.75) is 12.5 Å². The van der Waals surface area contributed by atoms with Crippen LogP contribution in [0.15, 0.2) is 0 Å². The molecule has 14 heavy (non-hydrogen) atoms. The molecule has 0 unspecified atom stereocenters. The van der Waals surface area contributed by atoms with Gasteiger partial charge < -0.3 is 19.7 Å². The van der Waals surface area contributed by atoms with Crippen LogP contribution in [0.4, 0.5) is 0 Å². The maximum absolute atomic E-state index is 11.4. The Kier molecular flexibility index (Phi) is 3.47. The molecule has 0 spiro atoms. The van der Waals surface area contributed by atoms with E-state index >= 15 is 0 Å². The number of hydrogen-bond donors (Lipinski definition) is 2. The predicted octanol–water partition coefficient (Wildman–Crippen LogP) is -0.835. The number of carbonyl (C=O) groups is 1. The minimum atomic E-state index is -0.940. The van der Waals surface area contributed by atoms with Crippen LogP contribution in [-0.4, -0.2) is 48.7 Å². The summed E-state index contributed by atoms with van der Waals surface area (Å²) in [5.74, 6) is -1.03. The van der Waals surface area contributed by atoms with Crippen LogP contribution in [0.25, 0.3) is 0 Å². The first-order chi connectivity index (χ1) is 6.62. The lowest BCUT2D eigenvalue weighted by Gasteiger charge is -2.24. The molecule has 0 aromatic rings. The van der Waals surface area contributed by atoms with E-state index in [4.69, 9.17) is 14.9 Å². The van der Waals surface area contributed by atoms with Crippen LogP contribution in [0.3, 0.4) is 0 Å². The Bertz CT molecular complexity index is 207. The van der Waals surface area contributed by atoms with Gasteiger partial charge in [-0.3, -0.25) is 0 Å². The molecule has 1 aliphatic heterocycles. The van der Waals surface area contributed by atoms with Crippen molar-refractivity contribution in [1.29, 1.82) is 0 Å². The maximum Gasteiger partial charge on any atom is 0.340 e. The fraction of sp³-hybridized carbons (Fsp3) is 0.889. The third-order valence-corrected chi connectivity index (χ3v) is 2.90. The third kappa shape index (κ3) is 1.75. The van der Waals surface area contributed by atoms with Gasteiger partial charge in [-0.2, -0.15) is 0 Å². The van der Waals surface area contributed by atoms with E-state index in [1.165, 1.54) is 7.11 Å². The number of hydrogen-bond acceptors (Lipinski definition) is 5. The Morgan fingerprint density at radius 3 is 2.36 bits per heavy atom. The van der Waals surface area contributed by atoms with Gasteiger partial charge in [0, 0.05) is 25.0 Å². The van der Waals surface area contributed by atoms with Crippen molar-refractivity contribution in [3.63, 3.8) is 0 Å². The molecule has 1 heterocycles. The van der Waals surface area contributed by atoms with Gasteiger partial charge in [0.2, 0.25) is 0 Å². The van der Waals surface area contributed by atoms with Gasteiger partial charge in [0.15, 0.2) is 5.60 Å². The molecule has 1 rings (SSSR count). The van der Waals surface area contributed by atoms with Crippen molar-refractivity contribution in [3.05, 3.63) is 0 Å². The number of carbonyl (C=O) groups excluding carboxylic acids is 1. The molecule has 0 radical (unpaired) electrons. The van der Waals surface area contributed by atoms with E-state index in [1.54, 1.807) is 6.92 Å². The molecule has 5 nitrogen and oxygen atoms in total. The third-order valence-electron chi connectivity index (χ3n) is 2.90. The maximum atomic E-state index is 11.4. The normalized spacial score (nSPS) is 27.5. The Labute approximate surface area is 82.6 Å². The van der Waals surface area contributed by atoms with E-state index in [2.05, 4.69) is 4.74 Å². The first kappa shape index (κ1) is 11.4. The van der Waals surface area contributed by atoms with Gasteiger partial charge in [0.05, 0.1) is 13.7 Å². The van der Waals surface area contributed by atoms with Gasteiger partial charge in [-0.15, -0.1) is 0 Å². The molecule has 1 saturated heterocycles. The SMILES string of the molecule is COC(=O)[C@]1([C@H](C)C(CO)CO)CO1. The monoisotopic (exact) mass is 204 g/mol. The first-order valence-electron chi connectivity index (χ1n) is 4.56. The molecule has 0 saturated carbocycles. The molecule has 0 aliphatic carbocycles. The number of esters is 1. The van der Waals surface area contributed by atoms with Crippen molar-refractivity contribution in [2.75, 3.05) is 26.9 Å². The molecule has 2 N–H and O–H groups in total. The van der Waals surface area contributed by atoms with Gasteiger partial charge in [-0.1, -0.05) is 6.92 Å². The van der Waals surface area contributed by atoms with Crippen LogP contribution in [-0.2, 0) is 14.3 Å². The van der Waals surface area contributed by atoms with Crippen molar-refractivity contribution in [1.82, 2.24) is 0 Å². The van der Waals surface area contributed by atoms with E-state index in [1.807, 2.05) is 0 Å². The molecule has 0 aromatic heterocycles. The zero-order valence-corrected chi connectivity index (χ0v) is 8.40. The highest BCUT2D eigenvalue weighted by molar-refractivity contribution is 5.82. The second-order valence-electron chi connectivity index (χ2n) is 3.58. The Hall–Kier alpha value is -0.650. The summed E-state index contributed by atoms with van der Waals surface area (Å²) in [6.45, 7) is 1.73. The Balaban J connectivity index is 2.67. The van der Waals surface area contributed by atoms with Crippen molar-refractivity contribution < 1.29 is 24.5 Å². The summed E-state index contributed by atoms with van der Waals surface area (Å²) in [6, 6.07) is 0. The lowest BCUT2D eigenvalue weighted by Crippen LogP contribution is -2.39. The van der Waals surface area contributed by atoms with Crippen LogP contribution in [0.1, 0.15) is 6.92 Å². The summed E-state index contributed by atoms with van der Waals surface area (Å²) >= 11 is 0. The first-order valence-corrected chi connectivity index (χ1v) is 4.56. The average Bonchev–Trinajstić information content (AvgIpc) is 2.99. The van der Waals surface area contributed by atoms with Crippen LogP contribution in [0, 0.1) is 11.8 Å². The van der Waals surface area contributed by atoms with E-state index in [0.29, 0.717) is 6.61 Å². The van der Waals surface area contributed by atoms with E-state index in [9.17, 15) is 4.79 Å². The van der Waals surface area contributed by atoms with Gasteiger partial charge in [0.25, 0.3) is 0 Å². The fourth-order valence-electron chi connectivity index (χ4n) is 1.57. The van der Waals surface area contributed by atoms with Gasteiger partial charge in [0.1, 0.15) is 0 Å². The summed E-state index contributed by atoms with van der Waals surface area (Å²) in [7, 11) is 1.30. The summed E-state index contributed by atoms with van der Waals surface area (Å²) in [4.78, 5) is 11.4. The van der Waals surface area contributed by atoms with Gasteiger partial charge in [-0.05, 0) is 0 Å². The van der Waals surface area contributed by atoms with Crippen LogP contribution in [0.5, 0.6) is 0 Å². The van der Waals surface area contributed by atoms with Gasteiger partial charge >= 0.3 is 5.97 Å². The number of aliphatic hydroxyl groups is 2.